The van der Waals surface area contributed by atoms with Gasteiger partial charge in [-0.1, -0.05) is 48.5 Å². The Labute approximate surface area is 132 Å². The minimum absolute atomic E-state index is 0.128. The van der Waals surface area contributed by atoms with Crippen molar-refractivity contribution in [1.82, 2.24) is 0 Å². The zero-order chi connectivity index (χ0) is 15.4. The predicted molar refractivity (Wildman–Crippen MR) is 87.4 cm³/mol. The third-order valence-corrected chi connectivity index (χ3v) is 6.33. The van der Waals surface area contributed by atoms with Crippen molar-refractivity contribution in [2.24, 2.45) is 0 Å². The maximum Gasteiger partial charge on any atom is 0.149 e. The quantitative estimate of drug-likeness (QED) is 0.738. The SMILES string of the molecule is CC[N@@+]1(CCF)[C@@H]2Cc3ccccc3[C@@]1(C)c1ccccc12. The molecule has 0 N–H and O–H groups in total. The van der Waals surface area contributed by atoms with Crippen molar-refractivity contribution < 1.29 is 8.87 Å². The summed E-state index contributed by atoms with van der Waals surface area (Å²) >= 11 is 0. The smallest absolute Gasteiger partial charge is 0.149 e. The van der Waals surface area contributed by atoms with Gasteiger partial charge in [0, 0.05) is 23.1 Å². The second-order valence-electron chi connectivity index (χ2n) is 6.80. The minimum Gasteiger partial charge on any atom is -0.303 e. The van der Waals surface area contributed by atoms with Gasteiger partial charge < -0.3 is 4.48 Å². The van der Waals surface area contributed by atoms with Gasteiger partial charge in [0.15, 0.2) is 0 Å². The number of fused-ring (bicyclic) bond motifs is 7. The van der Waals surface area contributed by atoms with E-state index in [0.29, 0.717) is 12.6 Å². The van der Waals surface area contributed by atoms with Crippen LogP contribution in [0.4, 0.5) is 4.39 Å². The fourth-order valence-electron chi connectivity index (χ4n) is 5.32. The van der Waals surface area contributed by atoms with E-state index in [1.165, 1.54) is 22.3 Å². The van der Waals surface area contributed by atoms with Crippen LogP contribution in [-0.4, -0.2) is 24.2 Å². The molecular formula is C20H23FN+. The van der Waals surface area contributed by atoms with Gasteiger partial charge in [0.25, 0.3) is 0 Å². The predicted octanol–water partition coefficient (Wildman–Crippen LogP) is 4.37. The van der Waals surface area contributed by atoms with E-state index in [2.05, 4.69) is 62.4 Å². The van der Waals surface area contributed by atoms with Crippen LogP contribution in [0.1, 0.15) is 42.1 Å². The first kappa shape index (κ1) is 14.0. The Morgan fingerprint density at radius 1 is 1.09 bits per heavy atom. The maximum absolute atomic E-state index is 13.5. The Hall–Kier alpha value is -1.67. The summed E-state index contributed by atoms with van der Waals surface area (Å²) in [5, 5.41) is 0. The molecule has 2 heterocycles. The maximum atomic E-state index is 13.5. The number of hydrogen-bond donors (Lipinski definition) is 0. The number of benzene rings is 2. The molecule has 3 atom stereocenters. The summed E-state index contributed by atoms with van der Waals surface area (Å²) in [7, 11) is 0. The van der Waals surface area contributed by atoms with Crippen molar-refractivity contribution in [2.45, 2.75) is 31.8 Å². The molecule has 114 valence electrons. The zero-order valence-electron chi connectivity index (χ0n) is 13.3. The average molecular weight is 296 g/mol. The van der Waals surface area contributed by atoms with Crippen LogP contribution in [0.5, 0.6) is 0 Å². The lowest BCUT2D eigenvalue weighted by Crippen LogP contribution is -2.62. The first-order valence-electron chi connectivity index (χ1n) is 8.29. The molecular weight excluding hydrogens is 273 g/mol. The van der Waals surface area contributed by atoms with Gasteiger partial charge in [-0.15, -0.1) is 0 Å². The van der Waals surface area contributed by atoms with Crippen LogP contribution in [0.3, 0.4) is 0 Å². The van der Waals surface area contributed by atoms with E-state index in [0.717, 1.165) is 17.4 Å². The zero-order valence-corrected chi connectivity index (χ0v) is 13.3. The van der Waals surface area contributed by atoms with Crippen LogP contribution in [0, 0.1) is 0 Å². The third-order valence-electron chi connectivity index (χ3n) is 6.33. The largest absolute Gasteiger partial charge is 0.303 e. The Balaban J connectivity index is 2.07. The van der Waals surface area contributed by atoms with Crippen molar-refractivity contribution in [2.75, 3.05) is 19.8 Å². The van der Waals surface area contributed by atoms with Gasteiger partial charge in [-0.25, -0.2) is 4.39 Å². The number of nitrogens with zero attached hydrogens (tertiary/aromatic N) is 1. The molecule has 0 radical (unpaired) electrons. The van der Waals surface area contributed by atoms with Gasteiger partial charge in [-0.05, 0) is 19.4 Å². The molecule has 0 aromatic heterocycles. The van der Waals surface area contributed by atoms with E-state index in [1.54, 1.807) is 0 Å². The second-order valence-corrected chi connectivity index (χ2v) is 6.80. The summed E-state index contributed by atoms with van der Waals surface area (Å²) in [5.41, 5.74) is 5.53. The van der Waals surface area contributed by atoms with Crippen molar-refractivity contribution >= 4 is 0 Å². The van der Waals surface area contributed by atoms with Crippen LogP contribution in [-0.2, 0) is 12.0 Å². The minimum atomic E-state index is -0.254. The lowest BCUT2D eigenvalue weighted by Gasteiger charge is -2.53. The molecule has 1 nitrogen and oxygen atoms in total. The Bertz CT molecular complexity index is 712. The van der Waals surface area contributed by atoms with Gasteiger partial charge in [0.1, 0.15) is 24.8 Å². The Morgan fingerprint density at radius 3 is 2.50 bits per heavy atom. The van der Waals surface area contributed by atoms with Gasteiger partial charge in [-0.2, -0.15) is 0 Å². The van der Waals surface area contributed by atoms with Crippen molar-refractivity contribution in [3.05, 3.63) is 70.8 Å². The van der Waals surface area contributed by atoms with E-state index >= 15 is 0 Å². The normalized spacial score (nSPS) is 31.7. The number of quaternary nitrogens is 1. The molecule has 2 aliphatic rings. The molecule has 2 heteroatoms. The first-order chi connectivity index (χ1) is 10.7. The van der Waals surface area contributed by atoms with Crippen LogP contribution >= 0.6 is 0 Å². The monoisotopic (exact) mass is 296 g/mol. The molecule has 0 saturated carbocycles. The molecule has 0 spiro atoms. The fraction of sp³-hybridized carbons (Fsp3) is 0.400. The fourth-order valence-corrected chi connectivity index (χ4v) is 5.32. The number of halogens is 1. The number of alkyl halides is 1. The van der Waals surface area contributed by atoms with E-state index in [-0.39, 0.29) is 12.2 Å². The van der Waals surface area contributed by atoms with Crippen molar-refractivity contribution in [3.8, 4) is 0 Å². The van der Waals surface area contributed by atoms with E-state index in [9.17, 15) is 4.39 Å². The molecule has 0 saturated heterocycles. The number of rotatable bonds is 3. The average Bonchev–Trinajstić information content (AvgIpc) is 2.69. The van der Waals surface area contributed by atoms with Crippen LogP contribution in [0.15, 0.2) is 48.5 Å². The summed E-state index contributed by atoms with van der Waals surface area (Å²) in [6, 6.07) is 18.0. The number of hydrogen-bond acceptors (Lipinski definition) is 0. The molecule has 4 rings (SSSR count). The lowest BCUT2D eigenvalue weighted by molar-refractivity contribution is -0.996. The van der Waals surface area contributed by atoms with Crippen molar-refractivity contribution in [3.63, 3.8) is 0 Å². The molecule has 0 unspecified atom stereocenters. The standard InChI is InChI=1S/C20H23FN/c1-3-22(13-12-21)19-14-15-8-4-6-10-17(15)20(22,2)18-11-7-5-9-16(18)19/h4-11,19H,3,12-14H2,1-2H3/q+1/t19-,20+,22-/m1/s1. The molecule has 2 aliphatic heterocycles. The van der Waals surface area contributed by atoms with Gasteiger partial charge in [0.05, 0.1) is 6.54 Å². The van der Waals surface area contributed by atoms with Crippen molar-refractivity contribution in [1.29, 1.82) is 0 Å². The van der Waals surface area contributed by atoms with E-state index in [1.807, 2.05) is 0 Å². The molecule has 2 aromatic rings. The van der Waals surface area contributed by atoms with Gasteiger partial charge in [0.2, 0.25) is 0 Å². The third kappa shape index (κ3) is 1.42. The highest BCUT2D eigenvalue weighted by molar-refractivity contribution is 5.51. The highest BCUT2D eigenvalue weighted by Crippen LogP contribution is 2.60. The highest BCUT2D eigenvalue weighted by Gasteiger charge is 2.63. The lowest BCUT2D eigenvalue weighted by atomic mass is 9.78. The van der Waals surface area contributed by atoms with Crippen LogP contribution in [0.2, 0.25) is 0 Å². The topological polar surface area (TPSA) is 0 Å². The molecule has 0 aliphatic carbocycles. The molecule has 0 amide bonds. The highest BCUT2D eigenvalue weighted by atomic mass is 19.1. The molecule has 2 aromatic carbocycles. The van der Waals surface area contributed by atoms with Crippen LogP contribution < -0.4 is 0 Å². The summed E-state index contributed by atoms with van der Waals surface area (Å²) in [5.74, 6) is 0. The summed E-state index contributed by atoms with van der Waals surface area (Å²) in [4.78, 5) is 0. The molecule has 2 bridgehead atoms. The second kappa shape index (κ2) is 4.66. The Morgan fingerprint density at radius 2 is 1.77 bits per heavy atom. The molecule has 22 heavy (non-hydrogen) atoms. The summed E-state index contributed by atoms with van der Waals surface area (Å²) < 4.78 is 14.4. The summed E-state index contributed by atoms with van der Waals surface area (Å²) in [6.07, 6.45) is 1.02. The summed E-state index contributed by atoms with van der Waals surface area (Å²) in [6.45, 7) is 5.87. The Kier molecular flexibility index (Phi) is 2.96. The number of likely N-dealkylation sites (N-methyl/N-ethyl adjacent to an activating group) is 1. The van der Waals surface area contributed by atoms with Crippen LogP contribution in [0.25, 0.3) is 0 Å². The molecule has 0 fully saturated rings. The van der Waals surface area contributed by atoms with E-state index in [4.69, 9.17) is 0 Å². The van der Waals surface area contributed by atoms with Gasteiger partial charge >= 0.3 is 0 Å². The first-order valence-corrected chi connectivity index (χ1v) is 8.29. The van der Waals surface area contributed by atoms with Gasteiger partial charge in [-0.3, -0.25) is 0 Å². The van der Waals surface area contributed by atoms with E-state index < -0.39 is 0 Å².